The SMILES string of the molecule is COc1ccc(-n2nc(C(=O)Nc3cccc(C#N)c3)c3c4ccccc4n(C)c3c2=O)cc1. The standard InChI is InChI=1S/C26H19N5O3/c1-30-21-9-4-3-8-20(21)22-23(25(32)28-17-7-5-6-16(14-17)15-27)29-31(26(33)24(22)30)18-10-12-19(34-2)13-11-18/h3-14H,1-2H3,(H,28,32). The van der Waals surface area contributed by atoms with Crippen LogP contribution in [-0.2, 0) is 7.05 Å². The largest absolute Gasteiger partial charge is 0.497 e. The first kappa shape index (κ1) is 21.0. The summed E-state index contributed by atoms with van der Waals surface area (Å²) in [5.74, 6) is 0.150. The van der Waals surface area contributed by atoms with Gasteiger partial charge in [-0.2, -0.15) is 15.0 Å². The highest BCUT2D eigenvalue weighted by Gasteiger charge is 2.23. The van der Waals surface area contributed by atoms with Crippen molar-refractivity contribution in [1.29, 1.82) is 5.26 Å². The molecule has 8 nitrogen and oxygen atoms in total. The number of anilines is 1. The van der Waals surface area contributed by atoms with E-state index in [1.54, 1.807) is 67.3 Å². The summed E-state index contributed by atoms with van der Waals surface area (Å²) in [6.45, 7) is 0. The van der Waals surface area contributed by atoms with Crippen LogP contribution >= 0.6 is 0 Å². The molecule has 8 heteroatoms. The van der Waals surface area contributed by atoms with E-state index in [-0.39, 0.29) is 11.3 Å². The number of ether oxygens (including phenoxy) is 1. The van der Waals surface area contributed by atoms with Crippen LogP contribution in [0.3, 0.4) is 0 Å². The summed E-state index contributed by atoms with van der Waals surface area (Å²) in [5, 5.41) is 17.7. The van der Waals surface area contributed by atoms with E-state index >= 15 is 0 Å². The van der Waals surface area contributed by atoms with Gasteiger partial charge in [-0.15, -0.1) is 0 Å². The normalized spacial score (nSPS) is 10.9. The molecule has 3 aromatic carbocycles. The second-order valence-electron chi connectivity index (χ2n) is 7.71. The minimum atomic E-state index is -0.487. The fourth-order valence-corrected chi connectivity index (χ4v) is 4.09. The van der Waals surface area contributed by atoms with Crippen LogP contribution in [0.5, 0.6) is 5.75 Å². The number of carbonyl (C=O) groups excluding carboxylic acids is 1. The van der Waals surface area contributed by atoms with Gasteiger partial charge in [-0.3, -0.25) is 9.59 Å². The molecule has 0 aliphatic carbocycles. The van der Waals surface area contributed by atoms with Crippen molar-refractivity contribution in [2.24, 2.45) is 7.05 Å². The highest BCUT2D eigenvalue weighted by Crippen LogP contribution is 2.29. The second kappa shape index (κ2) is 8.22. The number of carbonyl (C=O) groups is 1. The number of nitrogens with zero attached hydrogens (tertiary/aromatic N) is 4. The Labute approximate surface area is 194 Å². The molecule has 0 fully saturated rings. The number of amides is 1. The second-order valence-corrected chi connectivity index (χ2v) is 7.71. The molecule has 0 aliphatic rings. The molecule has 5 rings (SSSR count). The summed E-state index contributed by atoms with van der Waals surface area (Å²) in [4.78, 5) is 27.0. The van der Waals surface area contributed by atoms with E-state index in [1.807, 2.05) is 24.3 Å². The Morgan fingerprint density at radius 3 is 2.56 bits per heavy atom. The molecule has 166 valence electrons. The Bertz CT molecular complexity index is 1670. The molecule has 2 aromatic heterocycles. The van der Waals surface area contributed by atoms with Gasteiger partial charge in [0.1, 0.15) is 11.3 Å². The van der Waals surface area contributed by atoms with Crippen LogP contribution < -0.4 is 15.6 Å². The summed E-state index contributed by atoms with van der Waals surface area (Å²) < 4.78 is 8.22. The van der Waals surface area contributed by atoms with Crippen LogP contribution in [-0.4, -0.2) is 27.4 Å². The fourth-order valence-electron chi connectivity index (χ4n) is 4.09. The number of aromatic nitrogens is 3. The Hall–Kier alpha value is -4.90. The first-order valence-electron chi connectivity index (χ1n) is 10.5. The highest BCUT2D eigenvalue weighted by molar-refractivity contribution is 6.19. The smallest absolute Gasteiger partial charge is 0.296 e. The molecule has 0 atom stereocenters. The molecular weight excluding hydrogens is 430 g/mol. The van der Waals surface area contributed by atoms with Crippen LogP contribution in [0.25, 0.3) is 27.5 Å². The van der Waals surface area contributed by atoms with E-state index < -0.39 is 5.91 Å². The Morgan fingerprint density at radius 1 is 1.06 bits per heavy atom. The maximum atomic E-state index is 13.6. The number of hydrogen-bond acceptors (Lipinski definition) is 5. The molecule has 0 spiro atoms. The number of methoxy groups -OCH3 is 1. The van der Waals surface area contributed by atoms with Crippen LogP contribution in [0.2, 0.25) is 0 Å². The van der Waals surface area contributed by atoms with Crippen LogP contribution in [0, 0.1) is 11.3 Å². The van der Waals surface area contributed by atoms with Gasteiger partial charge in [-0.05, 0) is 48.5 Å². The lowest BCUT2D eigenvalue weighted by Crippen LogP contribution is -2.27. The van der Waals surface area contributed by atoms with Gasteiger partial charge < -0.3 is 14.6 Å². The van der Waals surface area contributed by atoms with Gasteiger partial charge in [0.05, 0.1) is 24.4 Å². The number of benzene rings is 3. The first-order valence-corrected chi connectivity index (χ1v) is 10.5. The minimum absolute atomic E-state index is 0.101. The van der Waals surface area contributed by atoms with Crippen LogP contribution in [0.15, 0.2) is 77.6 Å². The Morgan fingerprint density at radius 2 is 1.82 bits per heavy atom. The average molecular weight is 449 g/mol. The zero-order chi connectivity index (χ0) is 23.8. The summed E-state index contributed by atoms with van der Waals surface area (Å²) in [6.07, 6.45) is 0. The lowest BCUT2D eigenvalue weighted by molar-refractivity contribution is 0.102. The molecule has 0 aliphatic heterocycles. The molecule has 1 N–H and O–H groups in total. The first-order chi connectivity index (χ1) is 16.5. The molecule has 2 heterocycles. The van der Waals surface area contributed by atoms with Gasteiger partial charge in [0.25, 0.3) is 11.5 Å². The number of nitrogens with one attached hydrogen (secondary N) is 1. The summed E-state index contributed by atoms with van der Waals surface area (Å²) in [6, 6.07) is 23.0. The third kappa shape index (κ3) is 3.36. The van der Waals surface area contributed by atoms with E-state index in [0.29, 0.717) is 33.6 Å². The topological polar surface area (TPSA) is 102 Å². The molecular formula is C26H19N5O3. The highest BCUT2D eigenvalue weighted by atomic mass is 16.5. The number of aryl methyl sites for hydroxylation is 1. The van der Waals surface area contributed by atoms with Crippen molar-refractivity contribution in [3.05, 3.63) is 94.4 Å². The monoisotopic (exact) mass is 449 g/mol. The van der Waals surface area contributed by atoms with Crippen molar-refractivity contribution in [3.8, 4) is 17.5 Å². The number of fused-ring (bicyclic) bond motifs is 3. The average Bonchev–Trinajstić information content (AvgIpc) is 3.17. The van der Waals surface area contributed by atoms with Gasteiger partial charge in [-0.1, -0.05) is 24.3 Å². The Balaban J connectivity index is 1.77. The van der Waals surface area contributed by atoms with Gasteiger partial charge in [0.2, 0.25) is 0 Å². The number of para-hydroxylation sites is 1. The molecule has 0 saturated carbocycles. The molecule has 0 saturated heterocycles. The summed E-state index contributed by atoms with van der Waals surface area (Å²) in [5.41, 5.74) is 2.31. The predicted molar refractivity (Wildman–Crippen MR) is 129 cm³/mol. The number of hydrogen-bond donors (Lipinski definition) is 1. The molecule has 1 amide bonds. The molecule has 0 unspecified atom stereocenters. The lowest BCUT2D eigenvalue weighted by atomic mass is 10.1. The molecule has 0 bridgehead atoms. The van der Waals surface area contributed by atoms with E-state index in [1.165, 1.54) is 4.68 Å². The minimum Gasteiger partial charge on any atom is -0.497 e. The van der Waals surface area contributed by atoms with Crippen LogP contribution in [0.1, 0.15) is 16.1 Å². The summed E-state index contributed by atoms with van der Waals surface area (Å²) >= 11 is 0. The third-order valence-electron chi connectivity index (χ3n) is 5.72. The maximum Gasteiger partial charge on any atom is 0.296 e. The van der Waals surface area contributed by atoms with E-state index in [0.717, 1.165) is 10.9 Å². The van der Waals surface area contributed by atoms with Crippen molar-refractivity contribution < 1.29 is 9.53 Å². The quantitative estimate of drug-likeness (QED) is 0.447. The molecule has 34 heavy (non-hydrogen) atoms. The maximum absolute atomic E-state index is 13.6. The third-order valence-corrected chi connectivity index (χ3v) is 5.72. The predicted octanol–water partition coefficient (Wildman–Crippen LogP) is 4.01. The molecule has 5 aromatic rings. The van der Waals surface area contributed by atoms with Crippen molar-refractivity contribution in [2.75, 3.05) is 12.4 Å². The molecule has 0 radical (unpaired) electrons. The summed E-state index contributed by atoms with van der Waals surface area (Å²) in [7, 11) is 3.35. The van der Waals surface area contributed by atoms with Gasteiger partial charge in [0, 0.05) is 29.0 Å². The van der Waals surface area contributed by atoms with E-state index in [2.05, 4.69) is 16.5 Å². The zero-order valence-corrected chi connectivity index (χ0v) is 18.4. The van der Waals surface area contributed by atoms with Crippen molar-refractivity contribution in [1.82, 2.24) is 14.3 Å². The number of rotatable bonds is 4. The fraction of sp³-hybridized carbons (Fsp3) is 0.0769. The number of nitriles is 1. The van der Waals surface area contributed by atoms with Crippen molar-refractivity contribution >= 4 is 33.4 Å². The van der Waals surface area contributed by atoms with Gasteiger partial charge >= 0.3 is 0 Å². The van der Waals surface area contributed by atoms with Crippen LogP contribution in [0.4, 0.5) is 5.69 Å². The van der Waals surface area contributed by atoms with Crippen molar-refractivity contribution in [2.45, 2.75) is 0 Å². The zero-order valence-electron chi connectivity index (χ0n) is 18.4. The lowest BCUT2D eigenvalue weighted by Gasteiger charge is -2.11. The Kier molecular flexibility index (Phi) is 5.07. The van der Waals surface area contributed by atoms with E-state index in [4.69, 9.17) is 4.74 Å². The van der Waals surface area contributed by atoms with Crippen molar-refractivity contribution in [3.63, 3.8) is 0 Å². The van der Waals surface area contributed by atoms with E-state index in [9.17, 15) is 14.9 Å². The van der Waals surface area contributed by atoms with Gasteiger partial charge in [0.15, 0.2) is 5.69 Å². The van der Waals surface area contributed by atoms with Gasteiger partial charge in [-0.25, -0.2) is 0 Å².